The Morgan fingerprint density at radius 2 is 1.72 bits per heavy atom. The highest BCUT2D eigenvalue weighted by Crippen LogP contribution is 2.22. The zero-order valence-corrected chi connectivity index (χ0v) is 16.4. The summed E-state index contributed by atoms with van der Waals surface area (Å²) < 4.78 is 5.75. The summed E-state index contributed by atoms with van der Waals surface area (Å²) in [5.41, 5.74) is 1.84. The number of ether oxygens (including phenoxy) is 1. The zero-order chi connectivity index (χ0) is 20.6. The van der Waals surface area contributed by atoms with Crippen molar-refractivity contribution in [2.45, 2.75) is 6.54 Å². The van der Waals surface area contributed by atoms with E-state index in [-0.39, 0.29) is 17.6 Å². The number of rotatable bonds is 6. The van der Waals surface area contributed by atoms with Crippen LogP contribution in [-0.2, 0) is 6.54 Å². The van der Waals surface area contributed by atoms with Crippen LogP contribution in [0.5, 0.6) is 11.5 Å². The lowest BCUT2D eigenvalue weighted by atomic mass is 10.2. The van der Waals surface area contributed by atoms with Gasteiger partial charge >= 0.3 is 6.03 Å². The Labute approximate surface area is 173 Å². The third kappa shape index (κ3) is 5.95. The first-order valence-corrected chi connectivity index (χ1v) is 9.16. The van der Waals surface area contributed by atoms with E-state index < -0.39 is 0 Å². The van der Waals surface area contributed by atoms with Crippen molar-refractivity contribution in [3.63, 3.8) is 0 Å². The lowest BCUT2D eigenvalue weighted by Gasteiger charge is -2.09. The van der Waals surface area contributed by atoms with Gasteiger partial charge in [-0.15, -0.1) is 0 Å². The standard InChI is InChI=1S/C21H19ClN4O3/c1-23-20(27)19-12-18(10-11-24-19)29-17-8-2-14(3-9-17)13-25-21(28)26-16-6-4-15(22)5-7-16/h2-12H,13H2,1H3,(H,23,27)(H2,25,26,28). The molecule has 0 spiro atoms. The molecule has 148 valence electrons. The Morgan fingerprint density at radius 3 is 2.41 bits per heavy atom. The first kappa shape index (κ1) is 20.2. The van der Waals surface area contributed by atoms with E-state index in [1.807, 2.05) is 12.1 Å². The van der Waals surface area contributed by atoms with Crippen LogP contribution in [0.3, 0.4) is 0 Å². The van der Waals surface area contributed by atoms with Crippen LogP contribution in [0.2, 0.25) is 5.02 Å². The second-order valence-electron chi connectivity index (χ2n) is 6.02. The molecule has 0 radical (unpaired) electrons. The van der Waals surface area contributed by atoms with Gasteiger partial charge in [0.2, 0.25) is 0 Å². The molecule has 1 aromatic heterocycles. The van der Waals surface area contributed by atoms with Gasteiger partial charge < -0.3 is 20.7 Å². The molecule has 0 aliphatic heterocycles. The summed E-state index contributed by atoms with van der Waals surface area (Å²) in [4.78, 5) is 27.6. The van der Waals surface area contributed by atoms with E-state index in [4.69, 9.17) is 16.3 Å². The summed E-state index contributed by atoms with van der Waals surface area (Å²) in [5.74, 6) is 0.828. The van der Waals surface area contributed by atoms with Crippen molar-refractivity contribution in [1.82, 2.24) is 15.6 Å². The summed E-state index contributed by atoms with van der Waals surface area (Å²) in [5, 5.41) is 8.64. The van der Waals surface area contributed by atoms with Crippen LogP contribution in [0.4, 0.5) is 10.5 Å². The van der Waals surface area contributed by atoms with E-state index in [1.54, 1.807) is 55.6 Å². The molecule has 0 bridgehead atoms. The fourth-order valence-electron chi connectivity index (χ4n) is 2.43. The van der Waals surface area contributed by atoms with Crippen molar-refractivity contribution < 1.29 is 14.3 Å². The molecule has 7 nitrogen and oxygen atoms in total. The number of benzene rings is 2. The van der Waals surface area contributed by atoms with Crippen LogP contribution in [0.1, 0.15) is 16.1 Å². The smallest absolute Gasteiger partial charge is 0.319 e. The van der Waals surface area contributed by atoms with Crippen molar-refractivity contribution in [3.05, 3.63) is 83.1 Å². The molecule has 8 heteroatoms. The van der Waals surface area contributed by atoms with Crippen molar-refractivity contribution >= 4 is 29.2 Å². The van der Waals surface area contributed by atoms with Crippen LogP contribution < -0.4 is 20.7 Å². The number of pyridine rings is 1. The Kier molecular flexibility index (Phi) is 6.65. The fraction of sp³-hybridized carbons (Fsp3) is 0.0952. The summed E-state index contributed by atoms with van der Waals surface area (Å²) in [7, 11) is 1.54. The predicted octanol–water partition coefficient (Wildman–Crippen LogP) is 4.21. The zero-order valence-electron chi connectivity index (χ0n) is 15.6. The predicted molar refractivity (Wildman–Crippen MR) is 111 cm³/mol. The van der Waals surface area contributed by atoms with E-state index in [9.17, 15) is 9.59 Å². The molecule has 0 fully saturated rings. The minimum atomic E-state index is -0.314. The van der Waals surface area contributed by atoms with Crippen LogP contribution in [0.15, 0.2) is 66.9 Å². The number of carbonyl (C=O) groups excluding carboxylic acids is 2. The molecular weight excluding hydrogens is 392 g/mol. The average molecular weight is 411 g/mol. The van der Waals surface area contributed by atoms with Crippen LogP contribution >= 0.6 is 11.6 Å². The normalized spacial score (nSPS) is 10.1. The van der Waals surface area contributed by atoms with Gasteiger partial charge in [0.15, 0.2) is 0 Å². The quantitative estimate of drug-likeness (QED) is 0.567. The van der Waals surface area contributed by atoms with Gasteiger partial charge in [-0.25, -0.2) is 4.79 Å². The van der Waals surface area contributed by atoms with E-state index in [2.05, 4.69) is 20.9 Å². The largest absolute Gasteiger partial charge is 0.457 e. The molecular formula is C21H19ClN4O3. The molecule has 0 saturated heterocycles. The molecule has 3 N–H and O–H groups in total. The van der Waals surface area contributed by atoms with Gasteiger partial charge in [0, 0.05) is 36.6 Å². The molecule has 3 amide bonds. The highest BCUT2D eigenvalue weighted by Gasteiger charge is 2.07. The Morgan fingerprint density at radius 1 is 1.00 bits per heavy atom. The molecule has 1 heterocycles. The van der Waals surface area contributed by atoms with E-state index in [0.717, 1.165) is 5.56 Å². The van der Waals surface area contributed by atoms with Crippen LogP contribution in [-0.4, -0.2) is 24.0 Å². The first-order chi connectivity index (χ1) is 14.0. The molecule has 0 aliphatic carbocycles. The van der Waals surface area contributed by atoms with Gasteiger partial charge in [-0.1, -0.05) is 23.7 Å². The fourth-order valence-corrected chi connectivity index (χ4v) is 2.56. The molecule has 0 atom stereocenters. The summed E-state index contributed by atoms with van der Waals surface area (Å²) in [6.07, 6.45) is 1.51. The number of aromatic nitrogens is 1. The van der Waals surface area contributed by atoms with Crippen molar-refractivity contribution in [2.75, 3.05) is 12.4 Å². The van der Waals surface area contributed by atoms with Gasteiger partial charge in [0.05, 0.1) is 0 Å². The maximum Gasteiger partial charge on any atom is 0.319 e. The highest BCUT2D eigenvalue weighted by molar-refractivity contribution is 6.30. The van der Waals surface area contributed by atoms with Gasteiger partial charge in [0.1, 0.15) is 17.2 Å². The van der Waals surface area contributed by atoms with Gasteiger partial charge in [0.25, 0.3) is 5.91 Å². The van der Waals surface area contributed by atoms with Gasteiger partial charge in [-0.3, -0.25) is 9.78 Å². The minimum Gasteiger partial charge on any atom is -0.457 e. The molecule has 0 aliphatic rings. The summed E-state index contributed by atoms with van der Waals surface area (Å²) in [6, 6.07) is 17.0. The van der Waals surface area contributed by atoms with Crippen molar-refractivity contribution in [1.29, 1.82) is 0 Å². The van der Waals surface area contributed by atoms with Crippen molar-refractivity contribution in [3.8, 4) is 11.5 Å². The molecule has 2 aromatic carbocycles. The second kappa shape index (κ2) is 9.57. The van der Waals surface area contributed by atoms with E-state index in [0.29, 0.717) is 28.8 Å². The number of carbonyl (C=O) groups is 2. The number of nitrogens with one attached hydrogen (secondary N) is 3. The third-order valence-electron chi connectivity index (χ3n) is 3.91. The maximum atomic E-state index is 12.0. The van der Waals surface area contributed by atoms with Crippen molar-refractivity contribution in [2.24, 2.45) is 0 Å². The summed E-state index contributed by atoms with van der Waals surface area (Å²) >= 11 is 5.82. The van der Waals surface area contributed by atoms with Crippen LogP contribution in [0, 0.1) is 0 Å². The maximum absolute atomic E-state index is 12.0. The van der Waals surface area contributed by atoms with E-state index >= 15 is 0 Å². The topological polar surface area (TPSA) is 92.4 Å². The number of hydrogen-bond donors (Lipinski definition) is 3. The minimum absolute atomic E-state index is 0.275. The Balaban J connectivity index is 1.53. The second-order valence-corrected chi connectivity index (χ2v) is 6.45. The lowest BCUT2D eigenvalue weighted by Crippen LogP contribution is -2.28. The SMILES string of the molecule is CNC(=O)c1cc(Oc2ccc(CNC(=O)Nc3ccc(Cl)cc3)cc2)ccn1. The Hall–Kier alpha value is -3.58. The number of anilines is 1. The van der Waals surface area contributed by atoms with Gasteiger partial charge in [-0.05, 0) is 48.0 Å². The first-order valence-electron chi connectivity index (χ1n) is 8.79. The molecule has 29 heavy (non-hydrogen) atoms. The molecule has 0 unspecified atom stereocenters. The van der Waals surface area contributed by atoms with Crippen LogP contribution in [0.25, 0.3) is 0 Å². The van der Waals surface area contributed by atoms with E-state index in [1.165, 1.54) is 6.20 Å². The third-order valence-corrected chi connectivity index (χ3v) is 4.16. The lowest BCUT2D eigenvalue weighted by molar-refractivity contribution is 0.0958. The number of nitrogens with zero attached hydrogens (tertiary/aromatic N) is 1. The number of amides is 3. The number of urea groups is 1. The monoisotopic (exact) mass is 410 g/mol. The average Bonchev–Trinajstić information content (AvgIpc) is 2.74. The Bertz CT molecular complexity index is 992. The molecule has 3 aromatic rings. The highest BCUT2D eigenvalue weighted by atomic mass is 35.5. The van der Waals surface area contributed by atoms with Gasteiger partial charge in [-0.2, -0.15) is 0 Å². The molecule has 0 saturated carbocycles. The number of hydrogen-bond acceptors (Lipinski definition) is 4. The molecule has 3 rings (SSSR count). The summed E-state index contributed by atoms with van der Waals surface area (Å²) in [6.45, 7) is 0.357. The number of halogens is 1.